The highest BCUT2D eigenvalue weighted by molar-refractivity contribution is 5.77. The zero-order chi connectivity index (χ0) is 12.1. The summed E-state index contributed by atoms with van der Waals surface area (Å²) >= 11 is 0. The molecule has 0 unspecified atom stereocenters. The van der Waals surface area contributed by atoms with Crippen LogP contribution in [0.5, 0.6) is 0 Å². The summed E-state index contributed by atoms with van der Waals surface area (Å²) in [6, 6.07) is 8.67. The average Bonchev–Trinajstić information content (AvgIpc) is 2.38. The van der Waals surface area contributed by atoms with Gasteiger partial charge in [0.15, 0.2) is 0 Å². The highest BCUT2D eigenvalue weighted by Crippen LogP contribution is 2.17. The SMILES string of the molecule is NC1CCC(NCc2ccccc2C=O)CC1. The van der Waals surface area contributed by atoms with Gasteiger partial charge in [0, 0.05) is 24.2 Å². The van der Waals surface area contributed by atoms with E-state index in [1.807, 2.05) is 24.3 Å². The van der Waals surface area contributed by atoms with E-state index in [1.54, 1.807) is 0 Å². The maximum Gasteiger partial charge on any atom is 0.150 e. The monoisotopic (exact) mass is 232 g/mol. The number of benzene rings is 1. The molecule has 0 atom stereocenters. The van der Waals surface area contributed by atoms with Crippen molar-refractivity contribution in [2.75, 3.05) is 0 Å². The smallest absolute Gasteiger partial charge is 0.150 e. The van der Waals surface area contributed by atoms with Gasteiger partial charge in [0.2, 0.25) is 0 Å². The lowest BCUT2D eigenvalue weighted by Gasteiger charge is -2.27. The molecule has 2 rings (SSSR count). The van der Waals surface area contributed by atoms with Crippen LogP contribution in [0, 0.1) is 0 Å². The molecular weight excluding hydrogens is 212 g/mol. The molecule has 0 heterocycles. The van der Waals surface area contributed by atoms with E-state index in [9.17, 15) is 4.79 Å². The number of aldehydes is 1. The van der Waals surface area contributed by atoms with Crippen LogP contribution >= 0.6 is 0 Å². The van der Waals surface area contributed by atoms with Crippen LogP contribution in [0.3, 0.4) is 0 Å². The van der Waals surface area contributed by atoms with E-state index in [0.717, 1.165) is 49.6 Å². The second-order valence-corrected chi connectivity index (χ2v) is 4.81. The molecule has 0 aromatic heterocycles. The molecule has 1 aliphatic carbocycles. The molecular formula is C14H20N2O. The summed E-state index contributed by atoms with van der Waals surface area (Å²) in [7, 11) is 0. The molecule has 1 aromatic rings. The lowest BCUT2D eigenvalue weighted by molar-refractivity contribution is 0.112. The zero-order valence-corrected chi connectivity index (χ0v) is 10.1. The van der Waals surface area contributed by atoms with Gasteiger partial charge >= 0.3 is 0 Å². The molecule has 3 nitrogen and oxygen atoms in total. The molecule has 92 valence electrons. The van der Waals surface area contributed by atoms with Gasteiger partial charge in [-0.1, -0.05) is 24.3 Å². The van der Waals surface area contributed by atoms with Gasteiger partial charge < -0.3 is 11.1 Å². The molecule has 1 aromatic carbocycles. The Hall–Kier alpha value is -1.19. The van der Waals surface area contributed by atoms with Crippen LogP contribution in [-0.2, 0) is 6.54 Å². The molecule has 0 radical (unpaired) electrons. The third-order valence-corrected chi connectivity index (χ3v) is 3.54. The number of nitrogens with one attached hydrogen (secondary N) is 1. The molecule has 1 fully saturated rings. The Labute approximate surface area is 102 Å². The predicted molar refractivity (Wildman–Crippen MR) is 68.9 cm³/mol. The van der Waals surface area contributed by atoms with E-state index in [2.05, 4.69) is 5.32 Å². The fourth-order valence-corrected chi connectivity index (χ4v) is 2.39. The Kier molecular flexibility index (Phi) is 4.29. The summed E-state index contributed by atoms with van der Waals surface area (Å²) in [4.78, 5) is 10.9. The standard InChI is InChI=1S/C14H20N2O/c15-13-5-7-14(8-6-13)16-9-11-3-1-2-4-12(11)10-17/h1-4,10,13-14,16H,5-9,15H2. The first-order valence-electron chi connectivity index (χ1n) is 6.31. The van der Waals surface area contributed by atoms with Crippen LogP contribution in [0.4, 0.5) is 0 Å². The van der Waals surface area contributed by atoms with E-state index >= 15 is 0 Å². The Balaban J connectivity index is 1.87. The minimum absolute atomic E-state index is 0.385. The first-order valence-corrected chi connectivity index (χ1v) is 6.31. The first kappa shape index (κ1) is 12.3. The maximum absolute atomic E-state index is 10.9. The third kappa shape index (κ3) is 3.38. The van der Waals surface area contributed by atoms with Crippen molar-refractivity contribution in [2.24, 2.45) is 5.73 Å². The van der Waals surface area contributed by atoms with E-state index in [0.29, 0.717) is 12.1 Å². The van der Waals surface area contributed by atoms with E-state index in [4.69, 9.17) is 5.73 Å². The quantitative estimate of drug-likeness (QED) is 0.779. The van der Waals surface area contributed by atoms with Gasteiger partial charge in [-0.05, 0) is 31.2 Å². The fourth-order valence-electron chi connectivity index (χ4n) is 2.39. The van der Waals surface area contributed by atoms with Crippen LogP contribution in [-0.4, -0.2) is 18.4 Å². The molecule has 3 heteroatoms. The topological polar surface area (TPSA) is 55.1 Å². The number of rotatable bonds is 4. The molecule has 1 aliphatic rings. The van der Waals surface area contributed by atoms with Crippen molar-refractivity contribution in [1.82, 2.24) is 5.32 Å². The first-order chi connectivity index (χ1) is 8.29. The molecule has 0 spiro atoms. The summed E-state index contributed by atoms with van der Waals surface area (Å²) < 4.78 is 0. The van der Waals surface area contributed by atoms with Crippen LogP contribution in [0.1, 0.15) is 41.6 Å². The van der Waals surface area contributed by atoms with Gasteiger partial charge in [0.1, 0.15) is 6.29 Å². The van der Waals surface area contributed by atoms with Gasteiger partial charge in [-0.3, -0.25) is 4.79 Å². The number of carbonyl (C=O) groups is 1. The minimum Gasteiger partial charge on any atom is -0.328 e. The van der Waals surface area contributed by atoms with E-state index in [1.165, 1.54) is 0 Å². The summed E-state index contributed by atoms with van der Waals surface area (Å²) in [5.74, 6) is 0. The Bertz CT molecular complexity index is 370. The van der Waals surface area contributed by atoms with Gasteiger partial charge in [-0.15, -0.1) is 0 Å². The van der Waals surface area contributed by atoms with Crippen molar-refractivity contribution < 1.29 is 4.79 Å². The maximum atomic E-state index is 10.9. The third-order valence-electron chi connectivity index (χ3n) is 3.54. The second kappa shape index (κ2) is 5.94. The summed E-state index contributed by atoms with van der Waals surface area (Å²) in [6.07, 6.45) is 5.42. The zero-order valence-electron chi connectivity index (χ0n) is 10.1. The molecule has 0 amide bonds. The largest absolute Gasteiger partial charge is 0.328 e. The van der Waals surface area contributed by atoms with Crippen LogP contribution in [0.2, 0.25) is 0 Å². The minimum atomic E-state index is 0.385. The lowest BCUT2D eigenvalue weighted by atomic mass is 9.91. The van der Waals surface area contributed by atoms with Crippen LogP contribution in [0.25, 0.3) is 0 Å². The van der Waals surface area contributed by atoms with Crippen molar-refractivity contribution in [2.45, 2.75) is 44.3 Å². The highest BCUT2D eigenvalue weighted by atomic mass is 16.1. The van der Waals surface area contributed by atoms with Gasteiger partial charge in [0.05, 0.1) is 0 Å². The van der Waals surface area contributed by atoms with E-state index < -0.39 is 0 Å². The van der Waals surface area contributed by atoms with Gasteiger partial charge in [0.25, 0.3) is 0 Å². The lowest BCUT2D eigenvalue weighted by Crippen LogP contribution is -2.37. The summed E-state index contributed by atoms with van der Waals surface area (Å²) in [5, 5.41) is 3.52. The Morgan fingerprint density at radius 1 is 1.24 bits per heavy atom. The van der Waals surface area contributed by atoms with Crippen molar-refractivity contribution in [3.8, 4) is 0 Å². The predicted octanol–water partition coefficient (Wildman–Crippen LogP) is 1.86. The number of hydrogen-bond donors (Lipinski definition) is 2. The molecule has 0 saturated heterocycles. The second-order valence-electron chi connectivity index (χ2n) is 4.81. The van der Waals surface area contributed by atoms with Crippen LogP contribution in [0.15, 0.2) is 24.3 Å². The molecule has 0 bridgehead atoms. The van der Waals surface area contributed by atoms with Crippen molar-refractivity contribution in [3.05, 3.63) is 35.4 Å². The van der Waals surface area contributed by atoms with Crippen molar-refractivity contribution in [3.63, 3.8) is 0 Å². The molecule has 3 N–H and O–H groups in total. The molecule has 1 saturated carbocycles. The normalized spacial score (nSPS) is 24.5. The van der Waals surface area contributed by atoms with Gasteiger partial charge in [-0.25, -0.2) is 0 Å². The average molecular weight is 232 g/mol. The highest BCUT2D eigenvalue weighted by Gasteiger charge is 2.17. The Morgan fingerprint density at radius 2 is 1.94 bits per heavy atom. The summed E-state index contributed by atoms with van der Waals surface area (Å²) in [6.45, 7) is 0.773. The number of carbonyl (C=O) groups excluding carboxylic acids is 1. The van der Waals surface area contributed by atoms with Crippen molar-refractivity contribution >= 4 is 6.29 Å². The molecule has 0 aliphatic heterocycles. The fraction of sp³-hybridized carbons (Fsp3) is 0.500. The molecule has 17 heavy (non-hydrogen) atoms. The van der Waals surface area contributed by atoms with Gasteiger partial charge in [-0.2, -0.15) is 0 Å². The summed E-state index contributed by atoms with van der Waals surface area (Å²) in [5.41, 5.74) is 7.74. The Morgan fingerprint density at radius 3 is 2.65 bits per heavy atom. The number of hydrogen-bond acceptors (Lipinski definition) is 3. The van der Waals surface area contributed by atoms with E-state index in [-0.39, 0.29) is 0 Å². The van der Waals surface area contributed by atoms with Crippen LogP contribution < -0.4 is 11.1 Å². The number of nitrogens with two attached hydrogens (primary N) is 1. The van der Waals surface area contributed by atoms with Crippen molar-refractivity contribution in [1.29, 1.82) is 0 Å².